The van der Waals surface area contributed by atoms with E-state index in [1.165, 1.54) is 17.0 Å². The Labute approximate surface area is 240 Å². The Morgan fingerprint density at radius 3 is 2.13 bits per heavy atom. The molecule has 0 saturated carbocycles. The molecule has 2 amide bonds. The van der Waals surface area contributed by atoms with Crippen molar-refractivity contribution in [1.82, 2.24) is 10.2 Å². The summed E-state index contributed by atoms with van der Waals surface area (Å²) in [6, 6.07) is 20.1. The molecule has 0 bridgehead atoms. The monoisotopic (exact) mass is 613 g/mol. The number of rotatable bonds is 11. The molecule has 0 unspecified atom stereocenters. The number of hydrogen-bond acceptors (Lipinski definition) is 4. The van der Waals surface area contributed by atoms with Gasteiger partial charge in [0.15, 0.2) is 0 Å². The number of benzene rings is 3. The third kappa shape index (κ3) is 8.16. The summed E-state index contributed by atoms with van der Waals surface area (Å²) in [6.07, 6.45) is 0. The van der Waals surface area contributed by atoms with E-state index in [9.17, 15) is 18.0 Å². The summed E-state index contributed by atoms with van der Waals surface area (Å²) in [5.74, 6) is -0.529. The fourth-order valence-corrected chi connectivity index (χ4v) is 5.69. The Morgan fingerprint density at radius 2 is 1.54 bits per heavy atom. The molecule has 7 nitrogen and oxygen atoms in total. The lowest BCUT2D eigenvalue weighted by atomic mass is 10.1. The first kappa shape index (κ1) is 30.4. The van der Waals surface area contributed by atoms with E-state index in [0.29, 0.717) is 12.2 Å². The van der Waals surface area contributed by atoms with Gasteiger partial charge in [0.05, 0.1) is 10.6 Å². The molecule has 1 N–H and O–H groups in total. The molecule has 1 atom stereocenters. The van der Waals surface area contributed by atoms with Crippen LogP contribution in [-0.4, -0.2) is 44.3 Å². The van der Waals surface area contributed by atoms with Crippen LogP contribution in [0.15, 0.2) is 82.2 Å². The number of amides is 2. The third-order valence-corrected chi connectivity index (χ3v) is 8.61. The quantitative estimate of drug-likeness (QED) is 0.311. The van der Waals surface area contributed by atoms with E-state index < -0.39 is 28.5 Å². The first-order valence-electron chi connectivity index (χ1n) is 12.9. The maximum atomic E-state index is 13.9. The van der Waals surface area contributed by atoms with Crippen molar-refractivity contribution < 1.29 is 18.0 Å². The number of nitrogens with zero attached hydrogens (tertiary/aromatic N) is 2. The first-order valence-corrected chi connectivity index (χ1v) is 15.1. The Kier molecular flexibility index (Phi) is 10.3. The molecular formula is C30H36BrN3O4S. The van der Waals surface area contributed by atoms with Crippen molar-refractivity contribution in [2.45, 2.75) is 52.1 Å². The van der Waals surface area contributed by atoms with Crippen LogP contribution >= 0.6 is 15.9 Å². The van der Waals surface area contributed by atoms with Crippen molar-refractivity contribution in [2.75, 3.05) is 17.4 Å². The van der Waals surface area contributed by atoms with Crippen molar-refractivity contribution in [3.05, 3.63) is 94.0 Å². The lowest BCUT2D eigenvalue weighted by Gasteiger charge is -2.32. The molecule has 3 aromatic carbocycles. The minimum Gasteiger partial charge on any atom is -0.354 e. The minimum absolute atomic E-state index is 0.0803. The van der Waals surface area contributed by atoms with Gasteiger partial charge in [-0.3, -0.25) is 13.9 Å². The molecular weight excluding hydrogens is 578 g/mol. The van der Waals surface area contributed by atoms with Gasteiger partial charge in [0.25, 0.3) is 10.0 Å². The van der Waals surface area contributed by atoms with Gasteiger partial charge in [0, 0.05) is 17.6 Å². The van der Waals surface area contributed by atoms with Gasteiger partial charge in [-0.1, -0.05) is 77.3 Å². The van der Waals surface area contributed by atoms with E-state index >= 15 is 0 Å². The second kappa shape index (κ2) is 13.3. The van der Waals surface area contributed by atoms with E-state index in [-0.39, 0.29) is 23.3 Å². The Morgan fingerprint density at radius 1 is 0.897 bits per heavy atom. The number of hydrogen-bond donors (Lipinski definition) is 1. The molecule has 3 rings (SSSR count). The predicted octanol–water partition coefficient (Wildman–Crippen LogP) is 5.45. The summed E-state index contributed by atoms with van der Waals surface area (Å²) < 4.78 is 29.6. The van der Waals surface area contributed by atoms with Crippen molar-refractivity contribution in [2.24, 2.45) is 5.92 Å². The molecule has 3 aromatic rings. The molecule has 9 heteroatoms. The second-order valence-corrected chi connectivity index (χ2v) is 12.9. The Hall–Kier alpha value is -3.17. The van der Waals surface area contributed by atoms with Gasteiger partial charge < -0.3 is 10.2 Å². The number of sulfonamides is 1. The number of aryl methyl sites for hydroxylation is 2. The van der Waals surface area contributed by atoms with Gasteiger partial charge in [0.1, 0.15) is 12.6 Å². The van der Waals surface area contributed by atoms with Crippen molar-refractivity contribution in [3.8, 4) is 0 Å². The first-order chi connectivity index (χ1) is 18.4. The van der Waals surface area contributed by atoms with Gasteiger partial charge in [-0.15, -0.1) is 0 Å². The van der Waals surface area contributed by atoms with E-state index in [0.717, 1.165) is 25.5 Å². The highest BCUT2D eigenvalue weighted by atomic mass is 79.9. The molecule has 0 aliphatic carbocycles. The highest BCUT2D eigenvalue weighted by molar-refractivity contribution is 9.10. The lowest BCUT2D eigenvalue weighted by Crippen LogP contribution is -2.51. The van der Waals surface area contributed by atoms with Gasteiger partial charge in [-0.05, 0) is 68.7 Å². The molecule has 0 radical (unpaired) electrons. The summed E-state index contributed by atoms with van der Waals surface area (Å²) in [4.78, 5) is 28.5. The third-order valence-electron chi connectivity index (χ3n) is 6.29. The largest absolute Gasteiger partial charge is 0.354 e. The van der Waals surface area contributed by atoms with Crippen LogP contribution in [0.5, 0.6) is 0 Å². The molecule has 0 aliphatic heterocycles. The van der Waals surface area contributed by atoms with Crippen molar-refractivity contribution >= 4 is 43.5 Å². The number of halogens is 1. The fraction of sp³-hybridized carbons (Fsp3) is 0.333. The van der Waals surface area contributed by atoms with Gasteiger partial charge in [-0.25, -0.2) is 8.42 Å². The smallest absolute Gasteiger partial charge is 0.264 e. The van der Waals surface area contributed by atoms with Crippen LogP contribution in [0.4, 0.5) is 5.69 Å². The van der Waals surface area contributed by atoms with E-state index in [2.05, 4.69) is 21.2 Å². The summed E-state index contributed by atoms with van der Waals surface area (Å²) in [7, 11) is -4.09. The summed E-state index contributed by atoms with van der Waals surface area (Å²) in [5.41, 5.74) is 3.14. The van der Waals surface area contributed by atoms with Crippen LogP contribution in [0, 0.1) is 19.8 Å². The van der Waals surface area contributed by atoms with Crippen molar-refractivity contribution in [3.63, 3.8) is 0 Å². The van der Waals surface area contributed by atoms with Crippen LogP contribution in [0.3, 0.4) is 0 Å². The highest BCUT2D eigenvalue weighted by Crippen LogP contribution is 2.26. The summed E-state index contributed by atoms with van der Waals surface area (Å²) in [6.45, 7) is 9.66. The lowest BCUT2D eigenvalue weighted by molar-refractivity contribution is -0.139. The fourth-order valence-electron chi connectivity index (χ4n) is 4.02. The standard InChI is InChI=1S/C30H36BrN3O4S/c1-21(2)18-32-30(36)24(5)33(19-25-8-6-7-23(4)17-25)29(35)20-34(27-13-11-26(31)12-14-27)39(37,38)28-15-9-22(3)10-16-28/h6-17,21,24H,18-20H2,1-5H3,(H,32,36)/t24-/m0/s1. The van der Waals surface area contributed by atoms with Crippen LogP contribution in [0.25, 0.3) is 0 Å². The molecule has 39 heavy (non-hydrogen) atoms. The van der Waals surface area contributed by atoms with E-state index in [1.54, 1.807) is 43.3 Å². The molecule has 0 fully saturated rings. The Bertz CT molecular complexity index is 1390. The number of nitrogens with one attached hydrogen (secondary N) is 1. The van der Waals surface area contributed by atoms with Gasteiger partial charge >= 0.3 is 0 Å². The SMILES string of the molecule is Cc1ccc(S(=O)(=O)N(CC(=O)N(Cc2cccc(C)c2)[C@@H](C)C(=O)NCC(C)C)c2ccc(Br)cc2)cc1. The maximum absolute atomic E-state index is 13.9. The minimum atomic E-state index is -4.09. The normalized spacial score (nSPS) is 12.2. The highest BCUT2D eigenvalue weighted by Gasteiger charge is 2.32. The van der Waals surface area contributed by atoms with Crippen LogP contribution in [0.2, 0.25) is 0 Å². The van der Waals surface area contributed by atoms with Gasteiger partial charge in [0.2, 0.25) is 11.8 Å². The zero-order chi connectivity index (χ0) is 28.7. The Balaban J connectivity index is 2.01. The van der Waals surface area contributed by atoms with E-state index in [1.807, 2.05) is 52.0 Å². The molecule has 0 aromatic heterocycles. The molecule has 0 saturated heterocycles. The molecule has 0 spiro atoms. The summed E-state index contributed by atoms with van der Waals surface area (Å²) >= 11 is 3.39. The molecule has 208 valence electrons. The average molecular weight is 615 g/mol. The zero-order valence-corrected chi connectivity index (χ0v) is 25.4. The number of carbonyl (C=O) groups excluding carboxylic acids is 2. The number of carbonyl (C=O) groups is 2. The summed E-state index contributed by atoms with van der Waals surface area (Å²) in [5, 5.41) is 2.90. The second-order valence-electron chi connectivity index (χ2n) is 10.1. The zero-order valence-electron chi connectivity index (χ0n) is 23.0. The molecule has 0 heterocycles. The van der Waals surface area contributed by atoms with E-state index in [4.69, 9.17) is 0 Å². The van der Waals surface area contributed by atoms with Crippen LogP contribution in [-0.2, 0) is 26.2 Å². The van der Waals surface area contributed by atoms with Crippen LogP contribution in [0.1, 0.15) is 37.5 Å². The number of anilines is 1. The topological polar surface area (TPSA) is 86.8 Å². The maximum Gasteiger partial charge on any atom is 0.264 e. The average Bonchev–Trinajstić information content (AvgIpc) is 2.89. The predicted molar refractivity (Wildman–Crippen MR) is 159 cm³/mol. The van der Waals surface area contributed by atoms with Gasteiger partial charge in [-0.2, -0.15) is 0 Å². The molecule has 0 aliphatic rings. The van der Waals surface area contributed by atoms with Crippen LogP contribution < -0.4 is 9.62 Å². The van der Waals surface area contributed by atoms with Crippen molar-refractivity contribution in [1.29, 1.82) is 0 Å².